The van der Waals surface area contributed by atoms with Crippen molar-refractivity contribution in [3.05, 3.63) is 52.4 Å². The molecule has 90 valence electrons. The molecule has 1 aromatic carbocycles. The highest BCUT2D eigenvalue weighted by molar-refractivity contribution is 9.10. The van der Waals surface area contributed by atoms with E-state index in [1.807, 2.05) is 40.9 Å². The first-order valence-electron chi connectivity index (χ1n) is 5.34. The van der Waals surface area contributed by atoms with Gasteiger partial charge in [0.1, 0.15) is 4.60 Å². The van der Waals surface area contributed by atoms with Crippen LogP contribution in [0.1, 0.15) is 0 Å². The Hall–Kier alpha value is -1.52. The van der Waals surface area contributed by atoms with Crippen molar-refractivity contribution >= 4 is 38.9 Å². The molecule has 0 saturated carbocycles. The van der Waals surface area contributed by atoms with Crippen molar-refractivity contribution in [2.75, 3.05) is 5.73 Å². The number of aromatic nitrogens is 2. The molecule has 2 N–H and O–H groups in total. The summed E-state index contributed by atoms with van der Waals surface area (Å²) in [5, 5.41) is 0.701. The first-order valence-corrected chi connectivity index (χ1v) is 6.51. The molecule has 0 atom stereocenters. The monoisotopic (exact) mass is 321 g/mol. The van der Waals surface area contributed by atoms with Crippen molar-refractivity contribution in [2.24, 2.45) is 0 Å². The molecular weight excluding hydrogens is 314 g/mol. The van der Waals surface area contributed by atoms with Crippen LogP contribution in [0.2, 0.25) is 5.02 Å². The lowest BCUT2D eigenvalue weighted by atomic mass is 10.1. The van der Waals surface area contributed by atoms with Crippen LogP contribution in [0.25, 0.3) is 16.8 Å². The molecule has 0 bridgehead atoms. The van der Waals surface area contributed by atoms with Crippen LogP contribution in [0, 0.1) is 0 Å². The number of halogens is 2. The molecule has 3 nitrogen and oxygen atoms in total. The molecular formula is C13H9BrClN3. The second-order valence-electron chi connectivity index (χ2n) is 3.94. The van der Waals surface area contributed by atoms with Gasteiger partial charge in [0.25, 0.3) is 0 Å². The van der Waals surface area contributed by atoms with Crippen molar-refractivity contribution in [1.82, 2.24) is 9.38 Å². The fourth-order valence-electron chi connectivity index (χ4n) is 1.93. The van der Waals surface area contributed by atoms with E-state index in [9.17, 15) is 0 Å². The van der Waals surface area contributed by atoms with Crippen molar-refractivity contribution in [2.45, 2.75) is 0 Å². The highest BCUT2D eigenvalue weighted by atomic mass is 79.9. The van der Waals surface area contributed by atoms with Crippen LogP contribution in [-0.2, 0) is 0 Å². The number of anilines is 1. The van der Waals surface area contributed by atoms with Crippen LogP contribution < -0.4 is 5.73 Å². The van der Waals surface area contributed by atoms with Gasteiger partial charge in [-0.1, -0.05) is 29.8 Å². The minimum atomic E-state index is 0.623. The third-order valence-electron chi connectivity index (χ3n) is 2.77. The van der Waals surface area contributed by atoms with E-state index in [0.29, 0.717) is 10.7 Å². The molecule has 3 rings (SSSR count). The summed E-state index contributed by atoms with van der Waals surface area (Å²) >= 11 is 9.64. The quantitative estimate of drug-likeness (QED) is 0.736. The van der Waals surface area contributed by atoms with Crippen LogP contribution in [0.5, 0.6) is 0 Å². The Balaban J connectivity index is 2.31. The summed E-state index contributed by atoms with van der Waals surface area (Å²) in [5.41, 5.74) is 9.28. The third-order valence-corrected chi connectivity index (χ3v) is 3.69. The van der Waals surface area contributed by atoms with E-state index in [1.54, 1.807) is 6.20 Å². The average Bonchev–Trinajstić information content (AvgIpc) is 2.72. The zero-order valence-electron chi connectivity index (χ0n) is 9.27. The van der Waals surface area contributed by atoms with Gasteiger partial charge in [0.15, 0.2) is 5.65 Å². The number of nitrogens with zero attached hydrogens (tertiary/aromatic N) is 2. The Bertz CT molecular complexity index is 736. The van der Waals surface area contributed by atoms with Gasteiger partial charge in [0.05, 0.1) is 11.9 Å². The molecule has 0 spiro atoms. The van der Waals surface area contributed by atoms with Crippen molar-refractivity contribution < 1.29 is 0 Å². The van der Waals surface area contributed by atoms with E-state index in [4.69, 9.17) is 17.3 Å². The Kier molecular flexibility index (Phi) is 2.76. The normalized spacial score (nSPS) is 11.0. The maximum absolute atomic E-state index is 6.20. The predicted octanol–water partition coefficient (Wildman–Crippen LogP) is 4.00. The maximum Gasteiger partial charge on any atom is 0.160 e. The second-order valence-corrected chi connectivity index (χ2v) is 5.16. The van der Waals surface area contributed by atoms with Gasteiger partial charge >= 0.3 is 0 Å². The fraction of sp³-hybridized carbons (Fsp3) is 0. The number of benzene rings is 1. The lowest BCUT2D eigenvalue weighted by Gasteiger charge is -2.07. The van der Waals surface area contributed by atoms with Crippen molar-refractivity contribution in [3.63, 3.8) is 0 Å². The summed E-state index contributed by atoms with van der Waals surface area (Å²) in [6, 6.07) is 9.56. The number of fused-ring (bicyclic) bond motifs is 1. The smallest absolute Gasteiger partial charge is 0.160 e. The van der Waals surface area contributed by atoms with Gasteiger partial charge in [-0.05, 0) is 28.1 Å². The molecule has 0 aliphatic rings. The molecule has 0 amide bonds. The van der Waals surface area contributed by atoms with E-state index in [2.05, 4.69) is 20.9 Å². The van der Waals surface area contributed by atoms with Gasteiger partial charge in [-0.3, -0.25) is 4.40 Å². The first-order chi connectivity index (χ1) is 8.66. The van der Waals surface area contributed by atoms with E-state index in [-0.39, 0.29) is 0 Å². The average molecular weight is 323 g/mol. The summed E-state index contributed by atoms with van der Waals surface area (Å²) in [7, 11) is 0. The lowest BCUT2D eigenvalue weighted by Crippen LogP contribution is -1.95. The van der Waals surface area contributed by atoms with Gasteiger partial charge < -0.3 is 5.73 Å². The summed E-state index contributed by atoms with van der Waals surface area (Å²) in [4.78, 5) is 4.23. The van der Waals surface area contributed by atoms with E-state index >= 15 is 0 Å². The SMILES string of the molecule is Nc1cc(-c2ccccc2Cl)cn2c(Br)cnc12. The van der Waals surface area contributed by atoms with E-state index in [0.717, 1.165) is 21.4 Å². The molecule has 2 aromatic heterocycles. The van der Waals surface area contributed by atoms with Crippen LogP contribution in [0.15, 0.2) is 47.3 Å². The Labute approximate surface area is 117 Å². The molecule has 0 unspecified atom stereocenters. The Morgan fingerprint density at radius 1 is 1.28 bits per heavy atom. The minimum Gasteiger partial charge on any atom is -0.396 e. The first kappa shape index (κ1) is 11.6. The zero-order valence-corrected chi connectivity index (χ0v) is 11.6. The number of nitrogen functional groups attached to an aromatic ring is 1. The van der Waals surface area contributed by atoms with Gasteiger partial charge in [-0.2, -0.15) is 0 Å². The topological polar surface area (TPSA) is 43.3 Å². The number of pyridine rings is 1. The predicted molar refractivity (Wildman–Crippen MR) is 77.8 cm³/mol. The van der Waals surface area contributed by atoms with Gasteiger partial charge in [-0.15, -0.1) is 0 Å². The standard InChI is InChI=1S/C13H9BrClN3/c14-12-6-17-13-11(16)5-8(7-18(12)13)9-3-1-2-4-10(9)15/h1-7H,16H2. The van der Waals surface area contributed by atoms with E-state index in [1.165, 1.54) is 0 Å². The third kappa shape index (κ3) is 1.78. The van der Waals surface area contributed by atoms with Crippen LogP contribution in [-0.4, -0.2) is 9.38 Å². The molecule has 0 radical (unpaired) electrons. The van der Waals surface area contributed by atoms with Crippen molar-refractivity contribution in [3.8, 4) is 11.1 Å². The summed E-state index contributed by atoms with van der Waals surface area (Å²) in [6.45, 7) is 0. The molecule has 5 heteroatoms. The highest BCUT2D eigenvalue weighted by Gasteiger charge is 2.09. The molecule has 2 heterocycles. The lowest BCUT2D eigenvalue weighted by molar-refractivity contribution is 1.16. The largest absolute Gasteiger partial charge is 0.396 e. The number of hydrogen-bond donors (Lipinski definition) is 1. The number of imidazole rings is 1. The Morgan fingerprint density at radius 3 is 2.83 bits per heavy atom. The van der Waals surface area contributed by atoms with Crippen molar-refractivity contribution in [1.29, 1.82) is 0 Å². The highest BCUT2D eigenvalue weighted by Crippen LogP contribution is 2.30. The number of hydrogen-bond acceptors (Lipinski definition) is 2. The second kappa shape index (κ2) is 4.30. The summed E-state index contributed by atoms with van der Waals surface area (Å²) in [6.07, 6.45) is 3.69. The molecule has 18 heavy (non-hydrogen) atoms. The minimum absolute atomic E-state index is 0.623. The molecule has 0 aliphatic heterocycles. The zero-order chi connectivity index (χ0) is 12.7. The molecule has 0 aliphatic carbocycles. The van der Waals surface area contributed by atoms with Crippen LogP contribution in [0.3, 0.4) is 0 Å². The molecule has 3 aromatic rings. The van der Waals surface area contributed by atoms with E-state index < -0.39 is 0 Å². The Morgan fingerprint density at radius 2 is 2.06 bits per heavy atom. The maximum atomic E-state index is 6.20. The fourth-order valence-corrected chi connectivity index (χ4v) is 2.55. The molecule has 0 saturated heterocycles. The number of rotatable bonds is 1. The summed E-state index contributed by atoms with van der Waals surface area (Å²) in [5.74, 6) is 0. The number of nitrogens with two attached hydrogens (primary N) is 1. The molecule has 0 fully saturated rings. The van der Waals surface area contributed by atoms with Crippen LogP contribution >= 0.6 is 27.5 Å². The summed E-state index contributed by atoms with van der Waals surface area (Å²) < 4.78 is 2.76. The van der Waals surface area contributed by atoms with Gasteiger partial charge in [0, 0.05) is 22.3 Å². The van der Waals surface area contributed by atoms with Gasteiger partial charge in [0.2, 0.25) is 0 Å². The van der Waals surface area contributed by atoms with Gasteiger partial charge in [-0.25, -0.2) is 4.98 Å². The van der Waals surface area contributed by atoms with Crippen LogP contribution in [0.4, 0.5) is 5.69 Å².